The maximum absolute atomic E-state index is 11.0. The number of allylic oxidation sites excluding steroid dienone is 1. The molecule has 2 atom stereocenters. The van der Waals surface area contributed by atoms with E-state index in [9.17, 15) is 4.79 Å². The van der Waals surface area contributed by atoms with Crippen LogP contribution in [-0.4, -0.2) is 23.6 Å². The molecule has 0 aromatic heterocycles. The zero-order valence-corrected chi connectivity index (χ0v) is 8.60. The number of methoxy groups -OCH3 is 1. The molecule has 2 saturated heterocycles. The Kier molecular flexibility index (Phi) is 2.63. The normalized spacial score (nSPS) is 31.6. The topological polar surface area (TPSA) is 26.3 Å². The Hall–Kier alpha value is -0.440. The molecule has 2 unspecified atom stereocenters. The molecule has 2 bridgehead atoms. The smallest absolute Gasteiger partial charge is 0.330 e. The van der Waals surface area contributed by atoms with E-state index in [-0.39, 0.29) is 5.97 Å². The number of thioether (sulfide) groups is 1. The van der Waals surface area contributed by atoms with E-state index in [0.29, 0.717) is 0 Å². The Balaban J connectivity index is 2.02. The summed E-state index contributed by atoms with van der Waals surface area (Å²) < 4.78 is 4.62. The molecule has 0 aliphatic carbocycles. The summed E-state index contributed by atoms with van der Waals surface area (Å²) in [4.78, 5) is 11.0. The summed E-state index contributed by atoms with van der Waals surface area (Å²) in [5, 5.41) is 1.55. The maximum Gasteiger partial charge on any atom is 0.330 e. The highest BCUT2D eigenvalue weighted by Gasteiger charge is 2.31. The van der Waals surface area contributed by atoms with Crippen molar-refractivity contribution in [3.05, 3.63) is 11.6 Å². The van der Waals surface area contributed by atoms with Gasteiger partial charge in [-0.05, 0) is 25.7 Å². The van der Waals surface area contributed by atoms with Crippen LogP contribution in [0.5, 0.6) is 0 Å². The van der Waals surface area contributed by atoms with Crippen LogP contribution in [-0.2, 0) is 9.53 Å². The van der Waals surface area contributed by atoms with Crippen LogP contribution < -0.4 is 0 Å². The molecule has 0 spiro atoms. The Labute approximate surface area is 82.7 Å². The Morgan fingerprint density at radius 2 is 2.08 bits per heavy atom. The van der Waals surface area contributed by atoms with E-state index in [1.165, 1.54) is 25.5 Å². The maximum atomic E-state index is 11.0. The first-order valence-electron chi connectivity index (χ1n) is 4.71. The predicted octanol–water partition coefficient (Wildman–Crippen LogP) is 2.14. The molecule has 0 N–H and O–H groups in total. The molecule has 0 aromatic rings. The number of hydrogen-bond donors (Lipinski definition) is 0. The molecule has 2 nitrogen and oxygen atoms in total. The highest BCUT2D eigenvalue weighted by Crippen LogP contribution is 2.45. The molecule has 0 aromatic carbocycles. The number of fused-ring (bicyclic) bond motifs is 2. The molecule has 2 aliphatic rings. The van der Waals surface area contributed by atoms with Gasteiger partial charge in [-0.25, -0.2) is 4.79 Å². The van der Waals surface area contributed by atoms with Crippen molar-refractivity contribution in [3.8, 4) is 0 Å². The molecule has 0 saturated carbocycles. The first-order chi connectivity index (χ1) is 6.28. The molecule has 13 heavy (non-hydrogen) atoms. The largest absolute Gasteiger partial charge is 0.466 e. The molecule has 0 amide bonds. The van der Waals surface area contributed by atoms with E-state index < -0.39 is 0 Å². The number of hydrogen-bond acceptors (Lipinski definition) is 3. The van der Waals surface area contributed by atoms with Gasteiger partial charge < -0.3 is 4.74 Å². The lowest BCUT2D eigenvalue weighted by atomic mass is 10.1. The molecule has 72 valence electrons. The summed E-state index contributed by atoms with van der Waals surface area (Å²) in [7, 11) is 1.44. The monoisotopic (exact) mass is 198 g/mol. The average molecular weight is 198 g/mol. The van der Waals surface area contributed by atoms with Crippen LogP contribution >= 0.6 is 11.8 Å². The number of rotatable bonds is 1. The van der Waals surface area contributed by atoms with E-state index >= 15 is 0 Å². The van der Waals surface area contributed by atoms with Crippen molar-refractivity contribution in [1.82, 2.24) is 0 Å². The molecule has 2 aliphatic heterocycles. The second kappa shape index (κ2) is 3.74. The molecule has 3 heteroatoms. The highest BCUT2D eigenvalue weighted by molar-refractivity contribution is 8.00. The van der Waals surface area contributed by atoms with Gasteiger partial charge in [0.05, 0.1) is 7.11 Å². The molecular weight excluding hydrogens is 184 g/mol. The first kappa shape index (κ1) is 9.13. The van der Waals surface area contributed by atoms with Crippen molar-refractivity contribution in [2.24, 2.45) is 0 Å². The lowest BCUT2D eigenvalue weighted by molar-refractivity contribution is -0.134. The average Bonchev–Trinajstić information content (AvgIpc) is 2.46. The Bertz CT molecular complexity index is 233. The standard InChI is InChI=1S/C10H14O2S/c1-12-10(11)6-7-4-8-2-3-9(5-7)13-8/h6,8-9H,2-5H2,1H3. The first-order valence-corrected chi connectivity index (χ1v) is 5.65. The van der Waals surface area contributed by atoms with E-state index in [1.54, 1.807) is 6.08 Å². The number of esters is 1. The quantitative estimate of drug-likeness (QED) is 0.477. The van der Waals surface area contributed by atoms with Gasteiger partial charge in [0.1, 0.15) is 0 Å². The second-order valence-electron chi connectivity index (χ2n) is 3.69. The van der Waals surface area contributed by atoms with Gasteiger partial charge in [0.15, 0.2) is 0 Å². The number of ether oxygens (including phenoxy) is 1. The third-order valence-corrected chi connectivity index (χ3v) is 4.27. The van der Waals surface area contributed by atoms with Crippen LogP contribution in [0.25, 0.3) is 0 Å². The number of carbonyl (C=O) groups excluding carboxylic acids is 1. The lowest BCUT2D eigenvalue weighted by Gasteiger charge is -2.20. The summed E-state index contributed by atoms with van der Waals surface area (Å²) >= 11 is 2.10. The predicted molar refractivity (Wildman–Crippen MR) is 53.7 cm³/mol. The van der Waals surface area contributed by atoms with E-state index in [1.807, 2.05) is 0 Å². The molecule has 2 heterocycles. The van der Waals surface area contributed by atoms with Crippen molar-refractivity contribution in [3.63, 3.8) is 0 Å². The fourth-order valence-corrected chi connectivity index (χ4v) is 3.80. The third kappa shape index (κ3) is 2.08. The highest BCUT2D eigenvalue weighted by atomic mass is 32.2. The van der Waals surface area contributed by atoms with Gasteiger partial charge in [0.25, 0.3) is 0 Å². The van der Waals surface area contributed by atoms with Crippen molar-refractivity contribution in [1.29, 1.82) is 0 Å². The minimum absolute atomic E-state index is 0.193. The summed E-state index contributed by atoms with van der Waals surface area (Å²) in [6.07, 6.45) is 6.53. The Morgan fingerprint density at radius 3 is 2.62 bits per heavy atom. The van der Waals surface area contributed by atoms with Crippen LogP contribution in [0.15, 0.2) is 11.6 Å². The number of carbonyl (C=O) groups is 1. The third-order valence-electron chi connectivity index (χ3n) is 2.70. The van der Waals surface area contributed by atoms with Crippen molar-refractivity contribution < 1.29 is 9.53 Å². The van der Waals surface area contributed by atoms with Gasteiger partial charge in [-0.3, -0.25) is 0 Å². The fourth-order valence-electron chi connectivity index (χ4n) is 2.09. The zero-order valence-electron chi connectivity index (χ0n) is 7.79. The molecular formula is C10H14O2S. The molecule has 2 rings (SSSR count). The van der Waals surface area contributed by atoms with E-state index in [2.05, 4.69) is 16.5 Å². The van der Waals surface area contributed by atoms with Crippen molar-refractivity contribution in [2.45, 2.75) is 36.2 Å². The van der Waals surface area contributed by atoms with Gasteiger partial charge in [-0.2, -0.15) is 11.8 Å². The van der Waals surface area contributed by atoms with Crippen LogP contribution in [0.4, 0.5) is 0 Å². The lowest BCUT2D eigenvalue weighted by Crippen LogP contribution is -2.10. The summed E-state index contributed by atoms with van der Waals surface area (Å²) in [5.41, 5.74) is 1.29. The van der Waals surface area contributed by atoms with Crippen LogP contribution in [0.3, 0.4) is 0 Å². The molecule has 0 radical (unpaired) electrons. The van der Waals surface area contributed by atoms with Crippen LogP contribution in [0, 0.1) is 0 Å². The van der Waals surface area contributed by atoms with Gasteiger partial charge >= 0.3 is 5.97 Å². The van der Waals surface area contributed by atoms with Gasteiger partial charge in [0.2, 0.25) is 0 Å². The SMILES string of the molecule is COC(=O)C=C1CC2CCC(C1)S2. The summed E-state index contributed by atoms with van der Waals surface area (Å²) in [6.45, 7) is 0. The van der Waals surface area contributed by atoms with E-state index in [4.69, 9.17) is 0 Å². The minimum atomic E-state index is -0.193. The van der Waals surface area contributed by atoms with Gasteiger partial charge in [-0.1, -0.05) is 5.57 Å². The fraction of sp³-hybridized carbons (Fsp3) is 0.700. The van der Waals surface area contributed by atoms with Crippen molar-refractivity contribution in [2.75, 3.05) is 7.11 Å². The van der Waals surface area contributed by atoms with Crippen LogP contribution in [0.2, 0.25) is 0 Å². The summed E-state index contributed by atoms with van der Waals surface area (Å²) in [6, 6.07) is 0. The second-order valence-corrected chi connectivity index (χ2v) is 5.30. The Morgan fingerprint density at radius 1 is 1.46 bits per heavy atom. The van der Waals surface area contributed by atoms with Gasteiger partial charge in [-0.15, -0.1) is 0 Å². The van der Waals surface area contributed by atoms with Crippen LogP contribution in [0.1, 0.15) is 25.7 Å². The minimum Gasteiger partial charge on any atom is -0.466 e. The van der Waals surface area contributed by atoms with Crippen molar-refractivity contribution >= 4 is 17.7 Å². The zero-order chi connectivity index (χ0) is 9.26. The van der Waals surface area contributed by atoms with E-state index in [0.717, 1.165) is 23.3 Å². The van der Waals surface area contributed by atoms with Gasteiger partial charge in [0, 0.05) is 16.6 Å². The molecule has 2 fully saturated rings. The summed E-state index contributed by atoms with van der Waals surface area (Å²) in [5.74, 6) is -0.193.